The smallest absolute Gasteiger partial charge is 0.0692 e. The number of aryl methyl sites for hydroxylation is 4. The maximum atomic E-state index is 5.14. The third kappa shape index (κ3) is 5.66. The summed E-state index contributed by atoms with van der Waals surface area (Å²) >= 11 is 0. The molecule has 2 nitrogen and oxygen atoms in total. The molecule has 0 bridgehead atoms. The Balaban J connectivity index is 1.86. The Hall–Kier alpha value is -2.74. The fraction of sp³-hybridized carbons (Fsp3) is 0.357. The second-order valence-corrected chi connectivity index (χ2v) is 8.40. The molecule has 2 heteroatoms. The molecule has 0 aromatic heterocycles. The van der Waals surface area contributed by atoms with Gasteiger partial charge in [-0.15, -0.1) is 0 Å². The molecule has 0 saturated carbocycles. The lowest BCUT2D eigenvalue weighted by molar-refractivity contribution is 0.751. The summed E-state index contributed by atoms with van der Waals surface area (Å²) in [6.07, 6.45) is 12.2. The molecule has 0 N–H and O–H groups in total. The number of hydrogen-bond donors (Lipinski definition) is 0. The van der Waals surface area contributed by atoms with E-state index in [1.807, 2.05) is 0 Å². The highest BCUT2D eigenvalue weighted by Crippen LogP contribution is 2.27. The Kier molecular flexibility index (Phi) is 7.57. The minimum Gasteiger partial charge on any atom is -0.251 e. The van der Waals surface area contributed by atoms with Crippen molar-refractivity contribution >= 4 is 22.8 Å². The summed E-state index contributed by atoms with van der Waals surface area (Å²) in [6.45, 7) is 10.7. The zero-order valence-electron chi connectivity index (χ0n) is 19.1. The van der Waals surface area contributed by atoms with Crippen LogP contribution in [0.15, 0.2) is 70.2 Å². The molecule has 0 atom stereocenters. The highest BCUT2D eigenvalue weighted by Gasteiger charge is 2.10. The predicted molar refractivity (Wildman–Crippen MR) is 132 cm³/mol. The van der Waals surface area contributed by atoms with E-state index in [1.165, 1.54) is 35.1 Å². The van der Waals surface area contributed by atoms with Gasteiger partial charge in [-0.25, -0.2) is 0 Å². The van der Waals surface area contributed by atoms with Crippen molar-refractivity contribution in [3.8, 4) is 0 Å². The molecule has 156 valence electrons. The fourth-order valence-corrected chi connectivity index (χ4v) is 3.97. The SMILES string of the molecule is CC(=N\c1c(C)cccc1C)/C(CCCCC1=CC=CC1)=N/c1c(C)cccc1C. The lowest BCUT2D eigenvalue weighted by Gasteiger charge is -2.12. The Morgan fingerprint density at radius 2 is 1.37 bits per heavy atom. The maximum absolute atomic E-state index is 5.14. The first-order valence-electron chi connectivity index (χ1n) is 11.1. The third-order valence-electron chi connectivity index (χ3n) is 5.83. The normalized spacial score (nSPS) is 14.4. The van der Waals surface area contributed by atoms with Gasteiger partial charge in [0.25, 0.3) is 0 Å². The standard InChI is InChI=1S/C28H34N2/c1-20-12-10-13-21(2)27(20)29-24(5)26(19-9-8-18-25-16-6-7-17-25)30-28-22(3)14-11-15-23(28)4/h6-7,10-16H,8-9,17-19H2,1-5H3/b29-24+,30-26+. The average Bonchev–Trinajstić information content (AvgIpc) is 3.23. The summed E-state index contributed by atoms with van der Waals surface area (Å²) < 4.78 is 0. The molecule has 0 saturated heterocycles. The van der Waals surface area contributed by atoms with Gasteiger partial charge < -0.3 is 0 Å². The largest absolute Gasteiger partial charge is 0.251 e. The molecular weight excluding hydrogens is 364 g/mol. The van der Waals surface area contributed by atoms with Crippen molar-refractivity contribution in [1.29, 1.82) is 0 Å². The van der Waals surface area contributed by atoms with E-state index in [1.54, 1.807) is 5.57 Å². The zero-order chi connectivity index (χ0) is 21.5. The monoisotopic (exact) mass is 398 g/mol. The second kappa shape index (κ2) is 10.3. The van der Waals surface area contributed by atoms with Gasteiger partial charge in [-0.1, -0.05) is 60.2 Å². The van der Waals surface area contributed by atoms with Gasteiger partial charge in [0.1, 0.15) is 0 Å². The number of hydrogen-bond acceptors (Lipinski definition) is 2. The Bertz CT molecular complexity index is 978. The third-order valence-corrected chi connectivity index (χ3v) is 5.83. The molecule has 0 unspecified atom stereocenters. The van der Waals surface area contributed by atoms with E-state index in [0.29, 0.717) is 0 Å². The molecule has 0 amide bonds. The van der Waals surface area contributed by atoms with Crippen LogP contribution in [0.3, 0.4) is 0 Å². The number of allylic oxidation sites excluding steroid dienone is 4. The van der Waals surface area contributed by atoms with E-state index >= 15 is 0 Å². The number of benzene rings is 2. The van der Waals surface area contributed by atoms with Gasteiger partial charge in [-0.2, -0.15) is 0 Å². The minimum atomic E-state index is 0.953. The minimum absolute atomic E-state index is 0.953. The van der Waals surface area contributed by atoms with Crippen LogP contribution in [0, 0.1) is 27.7 Å². The first-order chi connectivity index (χ1) is 14.5. The number of para-hydroxylation sites is 2. The van der Waals surface area contributed by atoms with Gasteiger partial charge in [0.2, 0.25) is 0 Å². The van der Waals surface area contributed by atoms with Crippen molar-refractivity contribution in [2.45, 2.75) is 66.7 Å². The van der Waals surface area contributed by atoms with Gasteiger partial charge >= 0.3 is 0 Å². The molecule has 1 aliphatic rings. The maximum Gasteiger partial charge on any atom is 0.0692 e. The Morgan fingerprint density at radius 1 is 0.800 bits per heavy atom. The number of rotatable bonds is 8. The van der Waals surface area contributed by atoms with Gasteiger partial charge in [0.05, 0.1) is 22.8 Å². The summed E-state index contributed by atoms with van der Waals surface area (Å²) in [5, 5.41) is 0. The summed E-state index contributed by atoms with van der Waals surface area (Å²) in [6, 6.07) is 12.7. The predicted octanol–water partition coefficient (Wildman–Crippen LogP) is 8.23. The summed E-state index contributed by atoms with van der Waals surface area (Å²) in [5.74, 6) is 0. The van der Waals surface area contributed by atoms with Gasteiger partial charge in [0, 0.05) is 0 Å². The molecule has 0 heterocycles. The Morgan fingerprint density at radius 3 is 1.90 bits per heavy atom. The van der Waals surface area contributed by atoms with Crippen molar-refractivity contribution in [1.82, 2.24) is 0 Å². The molecule has 2 aromatic carbocycles. The second-order valence-electron chi connectivity index (χ2n) is 8.40. The molecular formula is C28H34N2. The molecule has 3 rings (SSSR count). The van der Waals surface area contributed by atoms with Gasteiger partial charge in [-0.3, -0.25) is 9.98 Å². The molecule has 2 aromatic rings. The van der Waals surface area contributed by atoms with Crippen molar-refractivity contribution in [2.75, 3.05) is 0 Å². The molecule has 1 aliphatic carbocycles. The molecule has 0 spiro atoms. The first-order valence-corrected chi connectivity index (χ1v) is 11.1. The van der Waals surface area contributed by atoms with E-state index < -0.39 is 0 Å². The van der Waals surface area contributed by atoms with Crippen LogP contribution in [-0.4, -0.2) is 11.4 Å². The van der Waals surface area contributed by atoms with Crippen LogP contribution in [0.2, 0.25) is 0 Å². The summed E-state index contributed by atoms with van der Waals surface area (Å²) in [7, 11) is 0. The molecule has 30 heavy (non-hydrogen) atoms. The molecule has 0 radical (unpaired) electrons. The van der Waals surface area contributed by atoms with Crippen LogP contribution < -0.4 is 0 Å². The molecule has 0 aliphatic heterocycles. The van der Waals surface area contributed by atoms with Gasteiger partial charge in [0.15, 0.2) is 0 Å². The molecule has 0 fully saturated rings. The number of unbranched alkanes of at least 4 members (excludes halogenated alkanes) is 1. The van der Waals surface area contributed by atoms with Crippen LogP contribution in [0.4, 0.5) is 11.4 Å². The average molecular weight is 399 g/mol. The van der Waals surface area contributed by atoms with Crippen LogP contribution in [-0.2, 0) is 0 Å². The number of aliphatic imine (C=N–C) groups is 2. The highest BCUT2D eigenvalue weighted by molar-refractivity contribution is 6.42. The quantitative estimate of drug-likeness (QED) is 0.316. The highest BCUT2D eigenvalue weighted by atomic mass is 14.8. The van der Waals surface area contributed by atoms with E-state index in [0.717, 1.165) is 42.1 Å². The van der Waals surface area contributed by atoms with Crippen molar-refractivity contribution in [3.05, 3.63) is 82.5 Å². The van der Waals surface area contributed by atoms with Crippen LogP contribution >= 0.6 is 0 Å². The number of nitrogens with zero attached hydrogens (tertiary/aromatic N) is 2. The summed E-state index contributed by atoms with van der Waals surface area (Å²) in [4.78, 5) is 10.2. The van der Waals surface area contributed by atoms with Crippen LogP contribution in [0.25, 0.3) is 0 Å². The zero-order valence-corrected chi connectivity index (χ0v) is 19.1. The van der Waals surface area contributed by atoms with Crippen molar-refractivity contribution in [3.63, 3.8) is 0 Å². The first kappa shape index (κ1) is 22.0. The van der Waals surface area contributed by atoms with Crippen LogP contribution in [0.1, 0.15) is 61.3 Å². The Labute approximate surface area is 182 Å². The summed E-state index contributed by atoms with van der Waals surface area (Å²) in [5.41, 5.74) is 10.7. The van der Waals surface area contributed by atoms with E-state index in [2.05, 4.69) is 89.2 Å². The fourth-order valence-electron chi connectivity index (χ4n) is 3.97. The lowest BCUT2D eigenvalue weighted by Crippen LogP contribution is -2.11. The van der Waals surface area contributed by atoms with Crippen LogP contribution in [0.5, 0.6) is 0 Å². The van der Waals surface area contributed by atoms with E-state index in [4.69, 9.17) is 9.98 Å². The van der Waals surface area contributed by atoms with Crippen molar-refractivity contribution < 1.29 is 0 Å². The van der Waals surface area contributed by atoms with Gasteiger partial charge in [-0.05, 0) is 89.0 Å². The van der Waals surface area contributed by atoms with Crippen molar-refractivity contribution in [2.24, 2.45) is 9.98 Å². The lowest BCUT2D eigenvalue weighted by atomic mass is 10.0. The van der Waals surface area contributed by atoms with E-state index in [-0.39, 0.29) is 0 Å². The van der Waals surface area contributed by atoms with E-state index in [9.17, 15) is 0 Å². The topological polar surface area (TPSA) is 24.7 Å².